The molecule has 2 aromatic rings. The number of sulfonamides is 1. The number of amides is 1. The van der Waals surface area contributed by atoms with Gasteiger partial charge in [0.05, 0.1) is 34.7 Å². The third-order valence-electron chi connectivity index (χ3n) is 3.70. The first kappa shape index (κ1) is 22.3. The first-order chi connectivity index (χ1) is 13.6. The normalized spacial score (nSPS) is 11.6. The molecule has 0 atom stereocenters. The van der Waals surface area contributed by atoms with Crippen molar-refractivity contribution in [3.63, 3.8) is 0 Å². The summed E-state index contributed by atoms with van der Waals surface area (Å²) in [5.41, 5.74) is 2.64. The lowest BCUT2D eigenvalue weighted by atomic mass is 10.2. The average molecular weight is 441 g/mol. The van der Waals surface area contributed by atoms with Gasteiger partial charge >= 0.3 is 0 Å². The van der Waals surface area contributed by atoms with Crippen molar-refractivity contribution in [1.29, 1.82) is 0 Å². The van der Waals surface area contributed by atoms with Gasteiger partial charge in [-0.05, 0) is 35.9 Å². The molecule has 0 bridgehead atoms. The van der Waals surface area contributed by atoms with Crippen molar-refractivity contribution < 1.29 is 22.9 Å². The molecule has 2 aromatic carbocycles. The minimum absolute atomic E-state index is 0.0725. The van der Waals surface area contributed by atoms with Gasteiger partial charge in [0.25, 0.3) is 11.6 Å². The van der Waals surface area contributed by atoms with E-state index in [0.717, 1.165) is 4.31 Å². The lowest BCUT2D eigenvalue weighted by Crippen LogP contribution is -2.36. The third-order valence-corrected chi connectivity index (χ3v) is 5.80. The predicted octanol–water partition coefficient (Wildman–Crippen LogP) is 2.03. The zero-order valence-electron chi connectivity index (χ0n) is 15.4. The quantitative estimate of drug-likeness (QED) is 0.379. The van der Waals surface area contributed by atoms with Crippen molar-refractivity contribution in [3.05, 3.63) is 63.2 Å². The molecule has 1 amide bonds. The van der Waals surface area contributed by atoms with E-state index in [1.807, 2.05) is 0 Å². The summed E-state index contributed by atoms with van der Waals surface area (Å²) < 4.78 is 30.9. The van der Waals surface area contributed by atoms with Gasteiger partial charge in [0.1, 0.15) is 5.75 Å². The zero-order chi connectivity index (χ0) is 21.6. The second kappa shape index (κ2) is 9.45. The molecule has 29 heavy (non-hydrogen) atoms. The predicted molar refractivity (Wildman–Crippen MR) is 107 cm³/mol. The number of hydrazone groups is 1. The van der Waals surface area contributed by atoms with Gasteiger partial charge in [0.2, 0.25) is 10.0 Å². The number of benzene rings is 2. The molecular formula is C17H17ClN4O6S. The summed E-state index contributed by atoms with van der Waals surface area (Å²) in [6.45, 7) is -0.483. The smallest absolute Gasteiger partial charge is 0.269 e. The number of ether oxygens (including phenoxy) is 1. The van der Waals surface area contributed by atoms with Gasteiger partial charge in [-0.2, -0.15) is 9.41 Å². The number of rotatable bonds is 8. The van der Waals surface area contributed by atoms with Crippen LogP contribution in [-0.4, -0.2) is 50.5 Å². The van der Waals surface area contributed by atoms with Crippen molar-refractivity contribution >= 4 is 39.4 Å². The zero-order valence-corrected chi connectivity index (χ0v) is 17.0. The maximum Gasteiger partial charge on any atom is 0.269 e. The number of methoxy groups -OCH3 is 1. The number of halogens is 1. The Morgan fingerprint density at radius 3 is 2.52 bits per heavy atom. The number of hydrogen-bond acceptors (Lipinski definition) is 7. The van der Waals surface area contributed by atoms with Gasteiger partial charge in [-0.15, -0.1) is 0 Å². The monoisotopic (exact) mass is 440 g/mol. The Morgan fingerprint density at radius 1 is 1.31 bits per heavy atom. The third kappa shape index (κ3) is 5.73. The molecule has 0 aliphatic carbocycles. The minimum atomic E-state index is -3.95. The number of nitrogens with zero attached hydrogens (tertiary/aromatic N) is 3. The number of likely N-dealkylation sites (N-methyl/N-ethyl adjacent to an activating group) is 1. The molecule has 0 saturated heterocycles. The highest BCUT2D eigenvalue weighted by atomic mass is 35.5. The fraction of sp³-hybridized carbons (Fsp3) is 0.176. The topological polar surface area (TPSA) is 131 Å². The Labute approximate surface area is 171 Å². The van der Waals surface area contributed by atoms with Crippen molar-refractivity contribution in [1.82, 2.24) is 9.73 Å². The lowest BCUT2D eigenvalue weighted by molar-refractivity contribution is -0.384. The van der Waals surface area contributed by atoms with Gasteiger partial charge in [-0.1, -0.05) is 11.6 Å². The molecule has 0 saturated carbocycles. The molecule has 12 heteroatoms. The Hall–Kier alpha value is -3.02. The number of carbonyl (C=O) groups is 1. The van der Waals surface area contributed by atoms with Crippen molar-refractivity contribution in [3.8, 4) is 5.75 Å². The number of carbonyl (C=O) groups excluding carboxylic acids is 1. The lowest BCUT2D eigenvalue weighted by Gasteiger charge is -2.16. The van der Waals surface area contributed by atoms with E-state index in [-0.39, 0.29) is 15.6 Å². The molecule has 1 N–H and O–H groups in total. The average Bonchev–Trinajstić information content (AvgIpc) is 2.68. The van der Waals surface area contributed by atoms with Crippen LogP contribution in [0.5, 0.6) is 5.75 Å². The molecule has 154 valence electrons. The molecule has 0 aliphatic heterocycles. The van der Waals surface area contributed by atoms with Crippen LogP contribution < -0.4 is 10.2 Å². The molecule has 0 radical (unpaired) electrons. The van der Waals surface area contributed by atoms with E-state index < -0.39 is 27.4 Å². The van der Waals surface area contributed by atoms with E-state index in [1.165, 1.54) is 62.8 Å². The fourth-order valence-corrected chi connectivity index (χ4v) is 3.65. The molecule has 0 aliphatic rings. The van der Waals surface area contributed by atoms with E-state index in [4.69, 9.17) is 16.3 Å². The van der Waals surface area contributed by atoms with Crippen molar-refractivity contribution in [2.75, 3.05) is 20.7 Å². The second-order valence-corrected chi connectivity index (χ2v) is 8.15. The van der Waals surface area contributed by atoms with Gasteiger partial charge in [0.15, 0.2) is 0 Å². The number of nitrogens with one attached hydrogen (secondary N) is 1. The highest BCUT2D eigenvalue weighted by Crippen LogP contribution is 2.28. The molecule has 0 fully saturated rings. The van der Waals surface area contributed by atoms with Crippen molar-refractivity contribution in [2.24, 2.45) is 5.10 Å². The number of non-ortho nitro benzene ring substituents is 1. The molecule has 10 nitrogen and oxygen atoms in total. The molecule has 0 aromatic heterocycles. The van der Waals surface area contributed by atoms with Crippen LogP contribution in [0.2, 0.25) is 5.02 Å². The van der Waals surface area contributed by atoms with E-state index >= 15 is 0 Å². The molecular weight excluding hydrogens is 424 g/mol. The summed E-state index contributed by atoms with van der Waals surface area (Å²) in [6.07, 6.45) is 1.28. The van der Waals surface area contributed by atoms with Crippen LogP contribution >= 0.6 is 11.6 Å². The fourth-order valence-electron chi connectivity index (χ4n) is 2.17. The Bertz CT molecular complexity index is 1040. The highest BCUT2D eigenvalue weighted by molar-refractivity contribution is 7.89. The van der Waals surface area contributed by atoms with Gasteiger partial charge in [-0.3, -0.25) is 14.9 Å². The van der Waals surface area contributed by atoms with E-state index in [1.54, 1.807) is 0 Å². The van der Waals surface area contributed by atoms with E-state index in [0.29, 0.717) is 11.3 Å². The molecule has 0 spiro atoms. The van der Waals surface area contributed by atoms with Crippen LogP contribution in [-0.2, 0) is 14.8 Å². The van der Waals surface area contributed by atoms with Crippen LogP contribution in [0.1, 0.15) is 5.56 Å². The summed E-state index contributed by atoms with van der Waals surface area (Å²) >= 11 is 5.96. The van der Waals surface area contributed by atoms with Gasteiger partial charge < -0.3 is 4.74 Å². The summed E-state index contributed by atoms with van der Waals surface area (Å²) in [5.74, 6) is -0.347. The molecule has 0 heterocycles. The molecule has 0 unspecified atom stereocenters. The van der Waals surface area contributed by atoms with Crippen LogP contribution in [0.3, 0.4) is 0 Å². The number of nitro benzene ring substituents is 1. The Kier molecular flexibility index (Phi) is 7.26. The van der Waals surface area contributed by atoms with Crippen LogP contribution in [0.15, 0.2) is 52.5 Å². The van der Waals surface area contributed by atoms with Gasteiger partial charge in [0, 0.05) is 19.2 Å². The van der Waals surface area contributed by atoms with Gasteiger partial charge in [-0.25, -0.2) is 13.8 Å². The van der Waals surface area contributed by atoms with Crippen molar-refractivity contribution in [2.45, 2.75) is 4.90 Å². The summed E-state index contributed by atoms with van der Waals surface area (Å²) in [4.78, 5) is 21.9. The van der Waals surface area contributed by atoms with Crippen LogP contribution in [0.4, 0.5) is 5.69 Å². The Morgan fingerprint density at radius 2 is 1.97 bits per heavy atom. The highest BCUT2D eigenvalue weighted by Gasteiger charge is 2.23. The first-order valence-corrected chi connectivity index (χ1v) is 9.83. The number of nitro groups is 1. The summed E-state index contributed by atoms with van der Waals surface area (Å²) in [7, 11) is -1.31. The van der Waals surface area contributed by atoms with E-state index in [9.17, 15) is 23.3 Å². The second-order valence-electron chi connectivity index (χ2n) is 5.70. The molecule has 2 rings (SSSR count). The van der Waals surface area contributed by atoms with E-state index in [2.05, 4.69) is 10.5 Å². The van der Waals surface area contributed by atoms with Crippen LogP contribution in [0.25, 0.3) is 0 Å². The maximum atomic E-state index is 12.6. The van der Waals surface area contributed by atoms with Crippen LogP contribution in [0, 0.1) is 10.1 Å². The summed E-state index contributed by atoms with van der Waals surface area (Å²) in [5, 5.41) is 14.4. The maximum absolute atomic E-state index is 12.6. The Balaban J connectivity index is 1.98. The largest absolute Gasteiger partial charge is 0.495 e. The number of hydrogen-bond donors (Lipinski definition) is 1. The SMILES string of the molecule is COc1ccc(S(=O)(=O)N(C)CC(=O)N/N=C\c2ccc([N+](=O)[O-])cc2)cc1Cl. The summed E-state index contributed by atoms with van der Waals surface area (Å²) in [6, 6.07) is 9.47. The first-order valence-electron chi connectivity index (χ1n) is 8.01. The standard InChI is InChI=1S/C17H17ClN4O6S/c1-21(29(26,27)14-7-8-16(28-2)15(18)9-14)11-17(23)20-19-10-12-3-5-13(6-4-12)22(24)25/h3-10H,11H2,1-2H3,(H,20,23)/b19-10-. The minimum Gasteiger partial charge on any atom is -0.495 e.